The number of fused-ring (bicyclic) bond motifs is 1. The molecule has 0 aliphatic carbocycles. The van der Waals surface area contributed by atoms with Crippen molar-refractivity contribution in [2.75, 3.05) is 24.7 Å². The van der Waals surface area contributed by atoms with Crippen LogP contribution in [-0.4, -0.2) is 33.1 Å². The van der Waals surface area contributed by atoms with Crippen molar-refractivity contribution in [2.24, 2.45) is 5.92 Å². The fourth-order valence-electron chi connectivity index (χ4n) is 3.21. The van der Waals surface area contributed by atoms with Crippen molar-refractivity contribution in [3.63, 3.8) is 0 Å². The third-order valence-corrected chi connectivity index (χ3v) is 6.29. The number of hydrogen-bond acceptors (Lipinski definition) is 4. The van der Waals surface area contributed by atoms with E-state index in [1.807, 2.05) is 0 Å². The van der Waals surface area contributed by atoms with E-state index < -0.39 is 9.84 Å². The molecule has 0 spiro atoms. The van der Waals surface area contributed by atoms with Crippen LogP contribution in [0.4, 0.5) is 4.39 Å². The zero-order valence-corrected chi connectivity index (χ0v) is 13.4. The van der Waals surface area contributed by atoms with E-state index in [-0.39, 0.29) is 11.9 Å². The van der Waals surface area contributed by atoms with Crippen LogP contribution >= 0.6 is 0 Å². The molecule has 1 aromatic carbocycles. The average Bonchev–Trinajstić information content (AvgIpc) is 2.68. The highest BCUT2D eigenvalue weighted by molar-refractivity contribution is 7.91. The number of halogens is 1. The number of hydrogen-bond donors (Lipinski definition) is 1. The number of rotatable bonds is 3. The molecule has 122 valence electrons. The second-order valence-corrected chi connectivity index (χ2v) is 8.53. The lowest BCUT2D eigenvalue weighted by Gasteiger charge is -2.25. The minimum Gasteiger partial charge on any atom is -0.493 e. The van der Waals surface area contributed by atoms with Crippen LogP contribution < -0.4 is 10.1 Å². The molecular weight excluding hydrogens is 305 g/mol. The molecule has 3 rings (SSSR count). The van der Waals surface area contributed by atoms with Gasteiger partial charge < -0.3 is 10.1 Å². The summed E-state index contributed by atoms with van der Waals surface area (Å²) in [5.41, 5.74) is 1.00. The summed E-state index contributed by atoms with van der Waals surface area (Å²) >= 11 is 0. The molecule has 0 bridgehead atoms. The van der Waals surface area contributed by atoms with Gasteiger partial charge in [0.05, 0.1) is 18.1 Å². The van der Waals surface area contributed by atoms with Gasteiger partial charge in [-0.1, -0.05) is 6.07 Å². The van der Waals surface area contributed by atoms with Gasteiger partial charge in [0.1, 0.15) is 21.4 Å². The molecular formula is C16H22FNO3S. The largest absolute Gasteiger partial charge is 0.493 e. The fraction of sp³-hybridized carbons (Fsp3) is 0.625. The summed E-state index contributed by atoms with van der Waals surface area (Å²) in [6.07, 6.45) is 3.33. The van der Waals surface area contributed by atoms with Gasteiger partial charge in [0, 0.05) is 17.7 Å². The second-order valence-electron chi connectivity index (χ2n) is 6.23. The Morgan fingerprint density at radius 3 is 2.77 bits per heavy atom. The SMILES string of the molecule is O=S1(=O)CCC(CNC2CCCOc3cc(F)ccc32)CC1. The van der Waals surface area contributed by atoms with Gasteiger partial charge in [-0.25, -0.2) is 12.8 Å². The minimum absolute atomic E-state index is 0.150. The Labute approximate surface area is 131 Å². The Bertz CT molecular complexity index is 618. The van der Waals surface area contributed by atoms with E-state index in [4.69, 9.17) is 4.74 Å². The van der Waals surface area contributed by atoms with Crippen molar-refractivity contribution in [1.29, 1.82) is 0 Å². The van der Waals surface area contributed by atoms with Gasteiger partial charge in [-0.05, 0) is 44.2 Å². The number of benzene rings is 1. The summed E-state index contributed by atoms with van der Waals surface area (Å²) in [6, 6.07) is 4.85. The minimum atomic E-state index is -2.81. The zero-order valence-electron chi connectivity index (χ0n) is 12.6. The molecule has 6 heteroatoms. The quantitative estimate of drug-likeness (QED) is 0.926. The van der Waals surface area contributed by atoms with Gasteiger partial charge in [0.25, 0.3) is 0 Å². The van der Waals surface area contributed by atoms with Gasteiger partial charge in [-0.3, -0.25) is 0 Å². The molecule has 1 atom stereocenters. The summed E-state index contributed by atoms with van der Waals surface area (Å²) in [5, 5.41) is 3.54. The maximum absolute atomic E-state index is 13.3. The third kappa shape index (κ3) is 3.79. The molecule has 1 saturated heterocycles. The van der Waals surface area contributed by atoms with Gasteiger partial charge >= 0.3 is 0 Å². The third-order valence-electron chi connectivity index (χ3n) is 4.57. The maximum Gasteiger partial charge on any atom is 0.150 e. The highest BCUT2D eigenvalue weighted by Gasteiger charge is 2.25. The normalized spacial score (nSPS) is 25.0. The number of nitrogens with one attached hydrogen (secondary N) is 1. The molecule has 0 amide bonds. The highest BCUT2D eigenvalue weighted by Crippen LogP contribution is 2.32. The molecule has 1 aromatic rings. The lowest BCUT2D eigenvalue weighted by Crippen LogP contribution is -2.32. The molecule has 1 fully saturated rings. The summed E-state index contributed by atoms with van der Waals surface area (Å²) in [7, 11) is -2.81. The molecule has 22 heavy (non-hydrogen) atoms. The predicted octanol–water partition coefficient (Wildman–Crippen LogP) is 2.45. The van der Waals surface area contributed by atoms with E-state index in [1.54, 1.807) is 6.07 Å². The van der Waals surface area contributed by atoms with Crippen LogP contribution in [-0.2, 0) is 9.84 Å². The first kappa shape index (κ1) is 15.7. The fourth-order valence-corrected chi connectivity index (χ4v) is 4.80. The van der Waals surface area contributed by atoms with Crippen molar-refractivity contribution >= 4 is 9.84 Å². The van der Waals surface area contributed by atoms with Gasteiger partial charge in [-0.15, -0.1) is 0 Å². The lowest BCUT2D eigenvalue weighted by molar-refractivity contribution is 0.313. The zero-order chi connectivity index (χ0) is 15.6. The summed E-state index contributed by atoms with van der Waals surface area (Å²) in [5.74, 6) is 1.35. The van der Waals surface area contributed by atoms with Gasteiger partial charge in [-0.2, -0.15) is 0 Å². The molecule has 0 saturated carbocycles. The average molecular weight is 327 g/mol. The Balaban J connectivity index is 1.63. The molecule has 0 radical (unpaired) electrons. The first-order chi connectivity index (χ1) is 10.5. The van der Waals surface area contributed by atoms with E-state index in [0.29, 0.717) is 29.8 Å². The van der Waals surface area contributed by atoms with Crippen LogP contribution in [0.25, 0.3) is 0 Å². The van der Waals surface area contributed by atoms with Crippen molar-refractivity contribution in [3.8, 4) is 5.75 Å². The van der Waals surface area contributed by atoms with Crippen LogP contribution in [0.2, 0.25) is 0 Å². The maximum atomic E-state index is 13.3. The molecule has 4 nitrogen and oxygen atoms in total. The smallest absolute Gasteiger partial charge is 0.150 e. The van der Waals surface area contributed by atoms with Crippen LogP contribution in [0.15, 0.2) is 18.2 Å². The van der Waals surface area contributed by atoms with E-state index >= 15 is 0 Å². The summed E-state index contributed by atoms with van der Waals surface area (Å²) < 4.78 is 41.9. The predicted molar refractivity (Wildman–Crippen MR) is 83.3 cm³/mol. The molecule has 0 aromatic heterocycles. The Kier molecular flexibility index (Phi) is 4.68. The number of sulfone groups is 1. The summed E-state index contributed by atoms with van der Waals surface area (Å²) in [4.78, 5) is 0. The number of ether oxygens (including phenoxy) is 1. The monoisotopic (exact) mass is 327 g/mol. The second kappa shape index (κ2) is 6.54. The van der Waals surface area contributed by atoms with Crippen LogP contribution in [0.3, 0.4) is 0 Å². The first-order valence-electron chi connectivity index (χ1n) is 7.89. The van der Waals surface area contributed by atoms with Crippen LogP contribution in [0.1, 0.15) is 37.3 Å². The van der Waals surface area contributed by atoms with Crippen LogP contribution in [0, 0.1) is 11.7 Å². The van der Waals surface area contributed by atoms with E-state index in [0.717, 1.165) is 37.8 Å². The molecule has 1 unspecified atom stereocenters. The van der Waals surface area contributed by atoms with E-state index in [2.05, 4.69) is 5.32 Å². The van der Waals surface area contributed by atoms with Crippen molar-refractivity contribution in [3.05, 3.63) is 29.6 Å². The Hall–Kier alpha value is -1.14. The lowest BCUT2D eigenvalue weighted by atomic mass is 9.98. The Morgan fingerprint density at radius 1 is 1.23 bits per heavy atom. The molecule has 2 heterocycles. The summed E-state index contributed by atoms with van der Waals surface area (Å²) in [6.45, 7) is 1.41. The topological polar surface area (TPSA) is 55.4 Å². The molecule has 2 aliphatic heterocycles. The molecule has 2 aliphatic rings. The van der Waals surface area contributed by atoms with Crippen molar-refractivity contribution in [2.45, 2.75) is 31.7 Å². The molecule has 1 N–H and O–H groups in total. The van der Waals surface area contributed by atoms with Gasteiger partial charge in [0.2, 0.25) is 0 Å². The standard InChI is InChI=1S/C16H22FNO3S/c17-13-3-4-14-15(2-1-7-21-16(14)10-13)18-11-12-5-8-22(19,20)9-6-12/h3-4,10,12,15,18H,1-2,5-9,11H2. The van der Waals surface area contributed by atoms with Crippen LogP contribution in [0.5, 0.6) is 5.75 Å². The van der Waals surface area contributed by atoms with E-state index in [9.17, 15) is 12.8 Å². The van der Waals surface area contributed by atoms with E-state index in [1.165, 1.54) is 12.1 Å². The van der Waals surface area contributed by atoms with Crippen molar-refractivity contribution < 1.29 is 17.5 Å². The van der Waals surface area contributed by atoms with Crippen molar-refractivity contribution in [1.82, 2.24) is 5.32 Å². The Morgan fingerprint density at radius 2 is 2.00 bits per heavy atom. The van der Waals surface area contributed by atoms with Gasteiger partial charge in [0.15, 0.2) is 0 Å². The first-order valence-corrected chi connectivity index (χ1v) is 9.72. The highest BCUT2D eigenvalue weighted by atomic mass is 32.2.